The number of nitrogens with zero attached hydrogens (tertiary/aromatic N) is 1. The van der Waals surface area contributed by atoms with Crippen molar-refractivity contribution in [2.75, 3.05) is 7.11 Å². The second-order valence-corrected chi connectivity index (χ2v) is 10.8. The number of carbonyl (C=O) groups is 3. The van der Waals surface area contributed by atoms with E-state index in [-0.39, 0.29) is 18.8 Å². The van der Waals surface area contributed by atoms with Crippen molar-refractivity contribution in [3.8, 4) is 0 Å². The fraction of sp³-hybridized carbons (Fsp3) is 0.737. The van der Waals surface area contributed by atoms with Crippen LogP contribution >= 0.6 is 34.8 Å². The van der Waals surface area contributed by atoms with Gasteiger partial charge in [-0.3, -0.25) is 14.5 Å². The molecule has 29 heavy (non-hydrogen) atoms. The van der Waals surface area contributed by atoms with Crippen LogP contribution in [0.2, 0.25) is 0 Å². The molecule has 1 aliphatic rings. The van der Waals surface area contributed by atoms with Crippen molar-refractivity contribution in [3.63, 3.8) is 0 Å². The van der Waals surface area contributed by atoms with E-state index in [1.807, 2.05) is 13.8 Å². The Kier molecular flexibility index (Phi) is 9.12. The van der Waals surface area contributed by atoms with Crippen LogP contribution in [-0.2, 0) is 19.1 Å². The third-order valence-corrected chi connectivity index (χ3v) is 4.58. The standard InChI is InChI=1S/C19H29Cl3N2O5/c1-11(2)9-12(23-17(27)29-18(3,4)5)16(26)24-13(7-8-19(20,21)22)14(28-6)10-15(24)25/h10-13H,7-9H2,1-6H3,(H,23,27)/t12-,13?/m1/s1. The summed E-state index contributed by atoms with van der Waals surface area (Å²) < 4.78 is 8.97. The largest absolute Gasteiger partial charge is 0.499 e. The lowest BCUT2D eigenvalue weighted by atomic mass is 10.0. The number of nitrogens with one attached hydrogen (secondary N) is 1. The fourth-order valence-corrected chi connectivity index (χ4v) is 3.24. The van der Waals surface area contributed by atoms with Gasteiger partial charge in [0.1, 0.15) is 17.4 Å². The lowest BCUT2D eigenvalue weighted by molar-refractivity contribution is -0.145. The van der Waals surface area contributed by atoms with Gasteiger partial charge < -0.3 is 14.8 Å². The summed E-state index contributed by atoms with van der Waals surface area (Å²) in [7, 11) is 1.40. The van der Waals surface area contributed by atoms with Crippen molar-refractivity contribution in [1.82, 2.24) is 10.2 Å². The molecule has 1 N–H and O–H groups in total. The fourth-order valence-electron chi connectivity index (χ4n) is 2.91. The van der Waals surface area contributed by atoms with Crippen molar-refractivity contribution >= 4 is 52.7 Å². The lowest BCUT2D eigenvalue weighted by Gasteiger charge is -2.30. The molecular weight excluding hydrogens is 443 g/mol. The second kappa shape index (κ2) is 10.2. The number of halogens is 3. The van der Waals surface area contributed by atoms with E-state index >= 15 is 0 Å². The van der Waals surface area contributed by atoms with E-state index in [0.717, 1.165) is 4.90 Å². The zero-order chi connectivity index (χ0) is 22.6. The molecule has 3 amide bonds. The third-order valence-electron chi connectivity index (χ3n) is 4.01. The van der Waals surface area contributed by atoms with Crippen LogP contribution in [0.15, 0.2) is 11.8 Å². The van der Waals surface area contributed by atoms with Crippen LogP contribution in [-0.4, -0.2) is 51.4 Å². The highest BCUT2D eigenvalue weighted by Crippen LogP contribution is 2.35. The third kappa shape index (κ3) is 8.60. The molecular formula is C19H29Cl3N2O5. The summed E-state index contributed by atoms with van der Waals surface area (Å²) in [5, 5.41) is 2.58. The molecule has 0 aromatic heterocycles. The van der Waals surface area contributed by atoms with Crippen LogP contribution in [0.4, 0.5) is 4.79 Å². The van der Waals surface area contributed by atoms with Crippen LogP contribution in [0.5, 0.6) is 0 Å². The normalized spacial score (nSPS) is 18.6. The number of hydrogen-bond acceptors (Lipinski definition) is 5. The molecule has 0 aromatic rings. The van der Waals surface area contributed by atoms with E-state index in [0.29, 0.717) is 12.2 Å². The van der Waals surface area contributed by atoms with E-state index < -0.39 is 39.4 Å². The predicted octanol–water partition coefficient (Wildman–Crippen LogP) is 4.34. The number of amides is 3. The Morgan fingerprint density at radius 2 is 1.83 bits per heavy atom. The summed E-state index contributed by atoms with van der Waals surface area (Å²) in [6.45, 7) is 8.97. The van der Waals surface area contributed by atoms with Gasteiger partial charge >= 0.3 is 6.09 Å². The molecule has 1 unspecified atom stereocenters. The molecule has 0 bridgehead atoms. The van der Waals surface area contributed by atoms with E-state index in [9.17, 15) is 14.4 Å². The first-order valence-corrected chi connectivity index (χ1v) is 10.5. The van der Waals surface area contributed by atoms with Gasteiger partial charge in [-0.25, -0.2) is 4.79 Å². The monoisotopic (exact) mass is 470 g/mol. The molecule has 0 fully saturated rings. The number of alkyl halides is 3. The van der Waals surface area contributed by atoms with Gasteiger partial charge in [0, 0.05) is 6.08 Å². The molecule has 0 aliphatic carbocycles. The minimum atomic E-state index is -1.54. The lowest BCUT2D eigenvalue weighted by Crippen LogP contribution is -2.53. The van der Waals surface area contributed by atoms with Gasteiger partial charge in [0.25, 0.3) is 11.8 Å². The van der Waals surface area contributed by atoms with Gasteiger partial charge in [-0.1, -0.05) is 48.7 Å². The molecule has 2 atom stereocenters. The molecule has 1 heterocycles. The van der Waals surface area contributed by atoms with Crippen molar-refractivity contribution < 1.29 is 23.9 Å². The Morgan fingerprint density at radius 3 is 2.28 bits per heavy atom. The van der Waals surface area contributed by atoms with Crippen molar-refractivity contribution in [2.24, 2.45) is 5.92 Å². The number of rotatable bonds is 7. The topological polar surface area (TPSA) is 84.9 Å². The van der Waals surface area contributed by atoms with E-state index in [2.05, 4.69) is 5.32 Å². The number of alkyl carbamates (subject to hydrolysis) is 1. The average molecular weight is 472 g/mol. The highest BCUT2D eigenvalue weighted by molar-refractivity contribution is 6.67. The van der Waals surface area contributed by atoms with Crippen LogP contribution in [0.3, 0.4) is 0 Å². The zero-order valence-electron chi connectivity index (χ0n) is 17.6. The number of methoxy groups -OCH3 is 1. The van der Waals surface area contributed by atoms with Crippen LogP contribution in [0.1, 0.15) is 53.9 Å². The van der Waals surface area contributed by atoms with Crippen LogP contribution < -0.4 is 5.32 Å². The predicted molar refractivity (Wildman–Crippen MR) is 113 cm³/mol. The first-order valence-electron chi connectivity index (χ1n) is 9.33. The van der Waals surface area contributed by atoms with E-state index in [1.54, 1.807) is 20.8 Å². The molecule has 7 nitrogen and oxygen atoms in total. The first kappa shape index (κ1) is 25.9. The van der Waals surface area contributed by atoms with Gasteiger partial charge in [0.2, 0.25) is 0 Å². The number of ether oxygens (including phenoxy) is 2. The first-order chi connectivity index (χ1) is 13.1. The molecule has 10 heteroatoms. The maximum Gasteiger partial charge on any atom is 0.408 e. The SMILES string of the molecule is COC1=CC(=O)N(C(=O)[C@@H](CC(C)C)NC(=O)OC(C)(C)C)C1CCC(Cl)(Cl)Cl. The van der Waals surface area contributed by atoms with Gasteiger partial charge in [-0.15, -0.1) is 0 Å². The Labute approximate surface area is 187 Å². The van der Waals surface area contributed by atoms with Gasteiger partial charge in [-0.05, 0) is 46.0 Å². The van der Waals surface area contributed by atoms with Crippen molar-refractivity contribution in [1.29, 1.82) is 0 Å². The average Bonchev–Trinajstić information content (AvgIpc) is 2.84. The quantitative estimate of drug-likeness (QED) is 0.558. The molecule has 0 radical (unpaired) electrons. The van der Waals surface area contributed by atoms with Gasteiger partial charge in [-0.2, -0.15) is 0 Å². The van der Waals surface area contributed by atoms with Gasteiger partial charge in [0.15, 0.2) is 3.79 Å². The minimum absolute atomic E-state index is 0.0751. The number of hydrogen-bond donors (Lipinski definition) is 1. The molecule has 0 saturated carbocycles. The van der Waals surface area contributed by atoms with Crippen LogP contribution in [0, 0.1) is 5.92 Å². The number of imide groups is 1. The summed E-state index contributed by atoms with van der Waals surface area (Å²) >= 11 is 17.5. The highest BCUT2D eigenvalue weighted by Gasteiger charge is 2.42. The summed E-state index contributed by atoms with van der Waals surface area (Å²) in [5.41, 5.74) is -0.726. The summed E-state index contributed by atoms with van der Waals surface area (Å²) in [4.78, 5) is 39.1. The van der Waals surface area contributed by atoms with E-state index in [1.165, 1.54) is 13.2 Å². The second-order valence-electron chi connectivity index (χ2n) is 8.30. The Hall–Kier alpha value is -1.18. The summed E-state index contributed by atoms with van der Waals surface area (Å²) in [6.07, 6.45) is 1.13. The maximum absolute atomic E-state index is 13.2. The summed E-state index contributed by atoms with van der Waals surface area (Å²) in [6, 6.07) is -1.67. The Balaban J connectivity index is 3.07. The molecule has 1 aliphatic heterocycles. The van der Waals surface area contributed by atoms with Crippen molar-refractivity contribution in [2.45, 2.75) is 75.4 Å². The molecule has 0 saturated heterocycles. The molecule has 0 spiro atoms. The molecule has 0 aromatic carbocycles. The Bertz CT molecular complexity index is 653. The zero-order valence-corrected chi connectivity index (χ0v) is 19.8. The summed E-state index contributed by atoms with van der Waals surface area (Å²) in [5.74, 6) is -0.725. The smallest absolute Gasteiger partial charge is 0.408 e. The minimum Gasteiger partial charge on any atom is -0.499 e. The van der Waals surface area contributed by atoms with Gasteiger partial charge in [0.05, 0.1) is 13.2 Å². The highest BCUT2D eigenvalue weighted by atomic mass is 35.6. The molecule has 166 valence electrons. The molecule has 1 rings (SSSR count). The Morgan fingerprint density at radius 1 is 1.24 bits per heavy atom. The number of carbonyl (C=O) groups excluding carboxylic acids is 3. The van der Waals surface area contributed by atoms with Crippen LogP contribution in [0.25, 0.3) is 0 Å². The van der Waals surface area contributed by atoms with E-state index in [4.69, 9.17) is 44.3 Å². The van der Waals surface area contributed by atoms with Crippen molar-refractivity contribution in [3.05, 3.63) is 11.8 Å². The maximum atomic E-state index is 13.2.